The Morgan fingerprint density at radius 2 is 1.65 bits per heavy atom. The topological polar surface area (TPSA) is 17.1 Å². The Kier molecular flexibility index (Phi) is 4.63. The number of hydrogen-bond donors (Lipinski definition) is 0. The second kappa shape index (κ2) is 6.84. The highest BCUT2D eigenvalue weighted by Crippen LogP contribution is 2.22. The first-order valence-corrected chi connectivity index (χ1v) is 8.39. The summed E-state index contributed by atoms with van der Waals surface area (Å²) in [6.45, 7) is 4.46. The molecule has 0 aliphatic heterocycles. The maximum Gasteiger partial charge on any atom is 0.163 e. The first-order valence-electron chi connectivity index (χ1n) is 8.39. The summed E-state index contributed by atoms with van der Waals surface area (Å²) in [5, 5.41) is 0. The third-order valence-electron chi connectivity index (χ3n) is 4.20. The molecule has 2 aromatic rings. The van der Waals surface area contributed by atoms with Crippen LogP contribution in [-0.4, -0.2) is 5.78 Å². The van der Waals surface area contributed by atoms with Gasteiger partial charge in [0.05, 0.1) is 0 Å². The minimum Gasteiger partial charge on any atom is -0.294 e. The van der Waals surface area contributed by atoms with Crippen LogP contribution in [0.5, 0.6) is 0 Å². The lowest BCUT2D eigenvalue weighted by atomic mass is 9.89. The van der Waals surface area contributed by atoms with E-state index < -0.39 is 0 Å². The quantitative estimate of drug-likeness (QED) is 0.728. The summed E-state index contributed by atoms with van der Waals surface area (Å²) in [7, 11) is 0. The minimum atomic E-state index is 0.270. The van der Waals surface area contributed by atoms with E-state index in [-0.39, 0.29) is 5.78 Å². The number of benzene rings is 2. The smallest absolute Gasteiger partial charge is 0.163 e. The Bertz CT molecular complexity index is 770. The molecule has 3 rings (SSSR count). The van der Waals surface area contributed by atoms with Gasteiger partial charge in [-0.2, -0.15) is 0 Å². The van der Waals surface area contributed by atoms with E-state index in [1.807, 2.05) is 12.1 Å². The number of hydrogen-bond acceptors (Lipinski definition) is 1. The molecule has 1 aliphatic rings. The van der Waals surface area contributed by atoms with Crippen LogP contribution in [-0.2, 0) is 12.8 Å². The van der Waals surface area contributed by atoms with Crippen LogP contribution in [0.3, 0.4) is 0 Å². The number of Topliss-reactive ketones (excluding diaryl/α,β-unsaturated/α-hetero) is 1. The van der Waals surface area contributed by atoms with Gasteiger partial charge in [0, 0.05) is 23.1 Å². The van der Waals surface area contributed by atoms with Gasteiger partial charge in [-0.15, -0.1) is 0 Å². The summed E-state index contributed by atoms with van der Waals surface area (Å²) in [6.07, 6.45) is 3.73. The Morgan fingerprint density at radius 1 is 0.957 bits per heavy atom. The van der Waals surface area contributed by atoms with Gasteiger partial charge in [0.2, 0.25) is 0 Å². The van der Waals surface area contributed by atoms with Crippen molar-refractivity contribution in [3.63, 3.8) is 0 Å². The van der Waals surface area contributed by atoms with Gasteiger partial charge in [0.15, 0.2) is 5.78 Å². The van der Waals surface area contributed by atoms with Gasteiger partial charge in [0.25, 0.3) is 0 Å². The molecule has 0 amide bonds. The van der Waals surface area contributed by atoms with E-state index in [0.717, 1.165) is 41.5 Å². The predicted octanol–water partition coefficient (Wildman–Crippen LogP) is 4.80. The van der Waals surface area contributed by atoms with Crippen molar-refractivity contribution in [3.05, 3.63) is 70.3 Å². The average Bonchev–Trinajstić information content (AvgIpc) is 2.54. The molecule has 0 heterocycles. The van der Waals surface area contributed by atoms with Crippen molar-refractivity contribution in [2.24, 2.45) is 5.92 Å². The molecule has 0 bridgehead atoms. The van der Waals surface area contributed by atoms with Crippen LogP contribution < -0.4 is 0 Å². The van der Waals surface area contributed by atoms with Crippen molar-refractivity contribution in [1.82, 2.24) is 0 Å². The summed E-state index contributed by atoms with van der Waals surface area (Å²) >= 11 is 0. The van der Waals surface area contributed by atoms with Gasteiger partial charge < -0.3 is 0 Å². The van der Waals surface area contributed by atoms with E-state index in [9.17, 15) is 4.79 Å². The molecule has 116 valence electrons. The summed E-state index contributed by atoms with van der Waals surface area (Å²) < 4.78 is 0. The lowest BCUT2D eigenvalue weighted by Crippen LogP contribution is -2.10. The Labute approximate surface area is 138 Å². The molecule has 0 radical (unpaired) electrons. The average molecular weight is 302 g/mol. The monoisotopic (exact) mass is 302 g/mol. The molecule has 1 nitrogen and oxygen atoms in total. The van der Waals surface area contributed by atoms with Crippen molar-refractivity contribution in [2.75, 3.05) is 0 Å². The molecule has 0 saturated heterocycles. The number of carbonyl (C=O) groups is 1. The first-order chi connectivity index (χ1) is 11.1. The van der Waals surface area contributed by atoms with Crippen molar-refractivity contribution in [1.29, 1.82) is 0 Å². The molecular weight excluding hydrogens is 280 g/mol. The molecule has 1 aliphatic carbocycles. The SMILES string of the molecule is CC(C)Cc1ccc(C#Cc2ccc3c(c2)CCCC3=O)cc1. The Balaban J connectivity index is 1.78. The van der Waals surface area contributed by atoms with Gasteiger partial charge in [-0.05, 0) is 66.6 Å². The maximum absolute atomic E-state index is 11.8. The van der Waals surface area contributed by atoms with Gasteiger partial charge in [-0.1, -0.05) is 37.8 Å². The van der Waals surface area contributed by atoms with E-state index in [4.69, 9.17) is 0 Å². The lowest BCUT2D eigenvalue weighted by molar-refractivity contribution is 0.0972. The molecule has 0 N–H and O–H groups in total. The number of carbonyl (C=O) groups excluding carboxylic acids is 1. The highest BCUT2D eigenvalue weighted by Gasteiger charge is 2.16. The van der Waals surface area contributed by atoms with Gasteiger partial charge in [-0.25, -0.2) is 0 Å². The van der Waals surface area contributed by atoms with Crippen LogP contribution in [0.1, 0.15) is 59.3 Å². The summed E-state index contributed by atoms with van der Waals surface area (Å²) in [5.74, 6) is 7.39. The molecule has 0 spiro atoms. The number of aryl methyl sites for hydroxylation is 1. The minimum absolute atomic E-state index is 0.270. The van der Waals surface area contributed by atoms with E-state index in [0.29, 0.717) is 12.3 Å². The van der Waals surface area contributed by atoms with Crippen molar-refractivity contribution >= 4 is 5.78 Å². The van der Waals surface area contributed by atoms with Gasteiger partial charge in [-0.3, -0.25) is 4.79 Å². The van der Waals surface area contributed by atoms with E-state index in [1.54, 1.807) is 0 Å². The molecule has 0 saturated carbocycles. The molecule has 0 fully saturated rings. The fourth-order valence-corrected chi connectivity index (χ4v) is 3.06. The van der Waals surface area contributed by atoms with Gasteiger partial charge in [0.1, 0.15) is 0 Å². The third-order valence-corrected chi connectivity index (χ3v) is 4.20. The van der Waals surface area contributed by atoms with E-state index >= 15 is 0 Å². The zero-order valence-electron chi connectivity index (χ0n) is 13.9. The number of rotatable bonds is 2. The second-order valence-electron chi connectivity index (χ2n) is 6.69. The molecule has 0 unspecified atom stereocenters. The van der Waals surface area contributed by atoms with Crippen LogP contribution in [0.25, 0.3) is 0 Å². The highest BCUT2D eigenvalue weighted by atomic mass is 16.1. The van der Waals surface area contributed by atoms with Crippen LogP contribution >= 0.6 is 0 Å². The zero-order chi connectivity index (χ0) is 16.2. The second-order valence-corrected chi connectivity index (χ2v) is 6.69. The van der Waals surface area contributed by atoms with E-state index in [1.165, 1.54) is 5.56 Å². The largest absolute Gasteiger partial charge is 0.294 e. The van der Waals surface area contributed by atoms with Crippen LogP contribution in [0.2, 0.25) is 0 Å². The molecule has 0 atom stereocenters. The van der Waals surface area contributed by atoms with Crippen molar-refractivity contribution in [3.8, 4) is 11.8 Å². The fraction of sp³-hybridized carbons (Fsp3) is 0.318. The predicted molar refractivity (Wildman–Crippen MR) is 94.7 cm³/mol. The summed E-state index contributed by atoms with van der Waals surface area (Å²) in [5.41, 5.74) is 5.43. The zero-order valence-corrected chi connectivity index (χ0v) is 13.9. The van der Waals surface area contributed by atoms with Crippen molar-refractivity contribution in [2.45, 2.75) is 39.5 Å². The van der Waals surface area contributed by atoms with Crippen LogP contribution in [0.4, 0.5) is 0 Å². The maximum atomic E-state index is 11.8. The molecule has 2 aromatic carbocycles. The molecule has 1 heteroatoms. The first kappa shape index (κ1) is 15.6. The Morgan fingerprint density at radius 3 is 2.39 bits per heavy atom. The van der Waals surface area contributed by atoms with Crippen LogP contribution in [0, 0.1) is 17.8 Å². The molecular formula is C22H22O. The molecule has 23 heavy (non-hydrogen) atoms. The standard InChI is InChI=1S/C22H22O/c1-16(2)14-18-9-6-17(7-10-18)8-11-19-12-13-21-20(15-19)4-3-5-22(21)23/h6-7,9-10,12-13,15-16H,3-5,14H2,1-2H3. The molecule has 0 aromatic heterocycles. The van der Waals surface area contributed by atoms with Gasteiger partial charge >= 0.3 is 0 Å². The normalized spacial score (nSPS) is 13.4. The number of fused-ring (bicyclic) bond motifs is 1. The van der Waals surface area contributed by atoms with E-state index in [2.05, 4.69) is 56.0 Å². The highest BCUT2D eigenvalue weighted by molar-refractivity contribution is 5.98. The van der Waals surface area contributed by atoms with Crippen LogP contribution in [0.15, 0.2) is 42.5 Å². The summed E-state index contributed by atoms with van der Waals surface area (Å²) in [6, 6.07) is 14.5. The fourth-order valence-electron chi connectivity index (χ4n) is 3.06. The lowest BCUT2D eigenvalue weighted by Gasteiger charge is -2.14. The summed E-state index contributed by atoms with van der Waals surface area (Å²) in [4.78, 5) is 11.8. The third kappa shape index (κ3) is 3.90. The Hall–Kier alpha value is -2.33. The van der Waals surface area contributed by atoms with Crippen molar-refractivity contribution < 1.29 is 4.79 Å². The number of ketones is 1.